The van der Waals surface area contributed by atoms with Crippen molar-refractivity contribution in [3.63, 3.8) is 0 Å². The fourth-order valence-corrected chi connectivity index (χ4v) is 1.61. The molecule has 1 aromatic rings. The number of phenolic OH excluding ortho intramolecular Hbond substituents is 1. The molecule has 1 unspecified atom stereocenters. The van der Waals surface area contributed by atoms with E-state index in [1.54, 1.807) is 13.0 Å². The Kier molecular flexibility index (Phi) is 3.96. The average molecular weight is 278 g/mol. The molecule has 1 N–H and O–H groups in total. The van der Waals surface area contributed by atoms with Crippen molar-refractivity contribution in [3.8, 4) is 5.75 Å². The minimum Gasteiger partial charge on any atom is -0.508 e. The van der Waals surface area contributed by atoms with E-state index >= 15 is 0 Å². The van der Waals surface area contributed by atoms with Crippen molar-refractivity contribution in [2.75, 3.05) is 0 Å². The van der Waals surface area contributed by atoms with Crippen LogP contribution in [0.15, 0.2) is 18.2 Å². The van der Waals surface area contributed by atoms with Gasteiger partial charge in [0.1, 0.15) is 5.75 Å². The number of aromatic hydroxyl groups is 1. The van der Waals surface area contributed by atoms with Gasteiger partial charge in [0.15, 0.2) is 5.78 Å². The zero-order chi connectivity index (χ0) is 10.7. The Labute approximate surface area is 96.0 Å². The first-order chi connectivity index (χ1) is 6.56. The lowest BCUT2D eigenvalue weighted by molar-refractivity contribution is 0.0995. The highest BCUT2D eigenvalue weighted by Crippen LogP contribution is 2.21. The van der Waals surface area contributed by atoms with E-state index in [-0.39, 0.29) is 22.2 Å². The second kappa shape index (κ2) is 4.80. The number of halogens is 2. The minimum atomic E-state index is -0.242. The maximum Gasteiger partial charge on any atom is 0.176 e. The molecule has 0 amide bonds. The molecule has 1 rings (SSSR count). The Balaban J connectivity index is 3.14. The van der Waals surface area contributed by atoms with Crippen molar-refractivity contribution in [3.05, 3.63) is 29.3 Å². The molecule has 0 saturated heterocycles. The summed E-state index contributed by atoms with van der Waals surface area (Å²) in [5.74, 6) is 0.315. The van der Waals surface area contributed by atoms with Crippen LogP contribution in [0.25, 0.3) is 0 Å². The van der Waals surface area contributed by atoms with Crippen LogP contribution in [0.3, 0.4) is 0 Å². The van der Waals surface area contributed by atoms with Gasteiger partial charge in [-0.05, 0) is 30.7 Å². The van der Waals surface area contributed by atoms with Crippen LogP contribution < -0.4 is 0 Å². The van der Waals surface area contributed by atoms with Gasteiger partial charge in [-0.1, -0.05) is 15.9 Å². The summed E-state index contributed by atoms with van der Waals surface area (Å²) in [6.45, 7) is 1.76. The van der Waals surface area contributed by atoms with E-state index in [9.17, 15) is 9.90 Å². The van der Waals surface area contributed by atoms with Gasteiger partial charge in [-0.2, -0.15) is 0 Å². The van der Waals surface area contributed by atoms with E-state index in [4.69, 9.17) is 11.6 Å². The number of carbonyl (C=O) groups is 1. The molecule has 0 aromatic heterocycles. The number of ketones is 1. The van der Waals surface area contributed by atoms with E-state index in [1.165, 1.54) is 12.1 Å². The largest absolute Gasteiger partial charge is 0.508 e. The Morgan fingerprint density at radius 1 is 1.64 bits per heavy atom. The van der Waals surface area contributed by atoms with Crippen molar-refractivity contribution >= 4 is 33.3 Å². The molecular formula is C10H10BrClO2. The molecule has 0 spiro atoms. The number of hydrogen-bond donors (Lipinski definition) is 1. The summed E-state index contributed by atoms with van der Waals surface area (Å²) in [5, 5.41) is 9.21. The van der Waals surface area contributed by atoms with Gasteiger partial charge in [0.05, 0.1) is 4.83 Å². The number of alkyl halides is 2. The molecule has 0 fully saturated rings. The predicted molar refractivity (Wildman–Crippen MR) is 60.4 cm³/mol. The quantitative estimate of drug-likeness (QED) is 0.681. The zero-order valence-corrected chi connectivity index (χ0v) is 9.97. The lowest BCUT2D eigenvalue weighted by atomic mass is 10.0. The third kappa shape index (κ3) is 2.49. The normalized spacial score (nSPS) is 12.5. The van der Waals surface area contributed by atoms with Crippen LogP contribution in [0.5, 0.6) is 5.75 Å². The lowest BCUT2D eigenvalue weighted by Crippen LogP contribution is -2.12. The van der Waals surface area contributed by atoms with Crippen molar-refractivity contribution < 1.29 is 9.90 Å². The molecule has 0 saturated carbocycles. The molecule has 1 atom stereocenters. The van der Waals surface area contributed by atoms with Gasteiger partial charge in [0.2, 0.25) is 0 Å². The predicted octanol–water partition coefficient (Wildman–Crippen LogP) is 3.10. The van der Waals surface area contributed by atoms with Gasteiger partial charge >= 0.3 is 0 Å². The third-order valence-electron chi connectivity index (χ3n) is 1.86. The lowest BCUT2D eigenvalue weighted by Gasteiger charge is -2.07. The zero-order valence-electron chi connectivity index (χ0n) is 7.63. The molecule has 0 heterocycles. The fourth-order valence-electron chi connectivity index (χ4n) is 1.15. The van der Waals surface area contributed by atoms with Crippen molar-refractivity contribution in [2.24, 2.45) is 0 Å². The summed E-state index contributed by atoms with van der Waals surface area (Å²) in [6.07, 6.45) is 0. The van der Waals surface area contributed by atoms with Gasteiger partial charge in [-0.25, -0.2) is 0 Å². The monoisotopic (exact) mass is 276 g/mol. The van der Waals surface area contributed by atoms with Crippen molar-refractivity contribution in [2.45, 2.75) is 17.6 Å². The smallest absolute Gasteiger partial charge is 0.176 e. The highest BCUT2D eigenvalue weighted by Gasteiger charge is 2.15. The average Bonchev–Trinajstić information content (AvgIpc) is 2.16. The van der Waals surface area contributed by atoms with Crippen LogP contribution in [0.1, 0.15) is 22.8 Å². The summed E-state index contributed by atoms with van der Waals surface area (Å²) in [7, 11) is 0. The van der Waals surface area contributed by atoms with Gasteiger partial charge in [0, 0.05) is 11.4 Å². The van der Waals surface area contributed by atoms with Crippen LogP contribution in [0, 0.1) is 0 Å². The summed E-state index contributed by atoms with van der Waals surface area (Å²) in [5.41, 5.74) is 1.21. The highest BCUT2D eigenvalue weighted by molar-refractivity contribution is 9.10. The minimum absolute atomic E-state index is 0.0272. The number of rotatable bonds is 3. The molecule has 0 radical (unpaired) electrons. The van der Waals surface area contributed by atoms with Gasteiger partial charge in [-0.15, -0.1) is 11.6 Å². The maximum absolute atomic E-state index is 11.6. The summed E-state index contributed by atoms with van der Waals surface area (Å²) in [6, 6.07) is 4.58. The Hall–Kier alpha value is -0.540. The van der Waals surface area contributed by atoms with Crippen molar-refractivity contribution in [1.29, 1.82) is 0 Å². The number of benzene rings is 1. The maximum atomic E-state index is 11.6. The fraction of sp³-hybridized carbons (Fsp3) is 0.300. The molecule has 14 heavy (non-hydrogen) atoms. The van der Waals surface area contributed by atoms with E-state index in [1.807, 2.05) is 0 Å². The molecule has 2 nitrogen and oxygen atoms in total. The Morgan fingerprint density at radius 3 is 2.79 bits per heavy atom. The molecule has 0 aliphatic carbocycles. The van der Waals surface area contributed by atoms with E-state index in [0.29, 0.717) is 11.1 Å². The molecule has 0 bridgehead atoms. The Morgan fingerprint density at radius 2 is 2.29 bits per heavy atom. The first kappa shape index (κ1) is 11.5. The number of Topliss-reactive ketones (excluding diaryl/α,β-unsaturated/α-hetero) is 1. The topological polar surface area (TPSA) is 37.3 Å². The van der Waals surface area contributed by atoms with Crippen LogP contribution >= 0.6 is 27.5 Å². The molecule has 4 heteroatoms. The second-order valence-corrected chi connectivity index (χ2v) is 4.60. The van der Waals surface area contributed by atoms with Gasteiger partial charge in [0.25, 0.3) is 0 Å². The van der Waals surface area contributed by atoms with Crippen molar-refractivity contribution in [1.82, 2.24) is 0 Å². The van der Waals surface area contributed by atoms with Gasteiger partial charge in [-0.3, -0.25) is 4.79 Å². The Bertz CT molecular complexity index is 350. The first-order valence-electron chi connectivity index (χ1n) is 4.12. The summed E-state index contributed by atoms with van der Waals surface area (Å²) >= 11 is 8.88. The summed E-state index contributed by atoms with van der Waals surface area (Å²) < 4.78 is 0. The molecular weight excluding hydrogens is 267 g/mol. The first-order valence-corrected chi connectivity index (χ1v) is 5.57. The molecule has 0 aliphatic rings. The number of carbonyl (C=O) groups excluding carboxylic acids is 1. The van der Waals surface area contributed by atoms with E-state index in [2.05, 4.69) is 15.9 Å². The number of hydrogen-bond acceptors (Lipinski definition) is 2. The van der Waals surface area contributed by atoms with Crippen LogP contribution in [0.4, 0.5) is 0 Å². The molecule has 1 aromatic carbocycles. The van der Waals surface area contributed by atoms with E-state index < -0.39 is 0 Å². The number of phenols is 1. The van der Waals surface area contributed by atoms with Crippen LogP contribution in [-0.2, 0) is 5.88 Å². The van der Waals surface area contributed by atoms with Gasteiger partial charge < -0.3 is 5.11 Å². The molecule has 0 aliphatic heterocycles. The standard InChI is InChI=1S/C10H10BrClO2/c1-6(11)10(14)9-3-2-8(13)4-7(9)5-12/h2-4,6,13H,5H2,1H3. The molecule has 76 valence electrons. The summed E-state index contributed by atoms with van der Waals surface area (Å²) in [4.78, 5) is 11.4. The van der Waals surface area contributed by atoms with E-state index in [0.717, 1.165) is 0 Å². The van der Waals surface area contributed by atoms with Crippen LogP contribution in [0.2, 0.25) is 0 Å². The highest BCUT2D eigenvalue weighted by atomic mass is 79.9. The van der Waals surface area contributed by atoms with Crippen LogP contribution in [-0.4, -0.2) is 15.7 Å². The third-order valence-corrected chi connectivity index (χ3v) is 2.56. The SMILES string of the molecule is CC(Br)C(=O)c1ccc(O)cc1CCl. The second-order valence-electron chi connectivity index (χ2n) is 2.96.